The van der Waals surface area contributed by atoms with E-state index in [0.717, 1.165) is 25.8 Å². The van der Waals surface area contributed by atoms with Gasteiger partial charge in [-0.25, -0.2) is 14.4 Å². The Morgan fingerprint density at radius 1 is 1.03 bits per heavy atom. The van der Waals surface area contributed by atoms with E-state index in [1.54, 1.807) is 18.5 Å². The number of aromatic nitrogens is 2. The molecule has 2 fully saturated rings. The number of nitrogens with zero attached hydrogens (tertiary/aromatic N) is 5. The van der Waals surface area contributed by atoms with Crippen LogP contribution < -0.4 is 9.80 Å². The van der Waals surface area contributed by atoms with Crippen molar-refractivity contribution in [1.82, 2.24) is 14.9 Å². The van der Waals surface area contributed by atoms with Gasteiger partial charge in [-0.3, -0.25) is 4.79 Å². The highest BCUT2D eigenvalue weighted by atomic mass is 19.1. The molecule has 0 spiro atoms. The highest BCUT2D eigenvalue weighted by molar-refractivity contribution is 5.94. The molecule has 4 rings (SSSR count). The third-order valence-electron chi connectivity index (χ3n) is 6.00. The molecule has 29 heavy (non-hydrogen) atoms. The Kier molecular flexibility index (Phi) is 5.92. The maximum absolute atomic E-state index is 14.0. The molecule has 1 aromatic carbocycles. The summed E-state index contributed by atoms with van der Waals surface area (Å²) in [6.07, 6.45) is 7.61. The maximum Gasteiger partial charge on any atom is 0.257 e. The predicted molar refractivity (Wildman–Crippen MR) is 112 cm³/mol. The van der Waals surface area contributed by atoms with Crippen molar-refractivity contribution < 1.29 is 9.18 Å². The first-order valence-electron chi connectivity index (χ1n) is 10.5. The molecule has 3 heterocycles. The van der Waals surface area contributed by atoms with Crippen molar-refractivity contribution in [2.24, 2.45) is 0 Å². The lowest BCUT2D eigenvalue weighted by Gasteiger charge is -2.36. The van der Waals surface area contributed by atoms with Crippen molar-refractivity contribution >= 4 is 17.5 Å². The number of hydrogen-bond acceptors (Lipinski definition) is 5. The SMILES string of the molecule is CCC1CCCCN1C(=O)c1cnc(N2CCN(c3ccccc3F)CC2)nc1. The summed E-state index contributed by atoms with van der Waals surface area (Å²) in [6, 6.07) is 7.19. The predicted octanol–water partition coefficient (Wildman–Crippen LogP) is 3.35. The zero-order chi connectivity index (χ0) is 20.2. The summed E-state index contributed by atoms with van der Waals surface area (Å²) in [4.78, 5) is 27.9. The molecule has 2 aliphatic rings. The second kappa shape index (κ2) is 8.76. The zero-order valence-electron chi connectivity index (χ0n) is 16.9. The van der Waals surface area contributed by atoms with Crippen molar-refractivity contribution in [1.29, 1.82) is 0 Å². The lowest BCUT2D eigenvalue weighted by molar-refractivity contribution is 0.0607. The van der Waals surface area contributed by atoms with E-state index < -0.39 is 0 Å². The van der Waals surface area contributed by atoms with Crippen LogP contribution in [0.5, 0.6) is 0 Å². The number of hydrogen-bond donors (Lipinski definition) is 0. The summed E-state index contributed by atoms with van der Waals surface area (Å²) in [5.74, 6) is 0.469. The maximum atomic E-state index is 14.0. The molecule has 0 aliphatic carbocycles. The van der Waals surface area contributed by atoms with Crippen LogP contribution in [0.1, 0.15) is 43.0 Å². The molecule has 1 aromatic heterocycles. The molecule has 6 nitrogen and oxygen atoms in total. The summed E-state index contributed by atoms with van der Waals surface area (Å²) >= 11 is 0. The Bertz CT molecular complexity index is 835. The fourth-order valence-electron chi connectivity index (χ4n) is 4.31. The molecule has 2 aromatic rings. The van der Waals surface area contributed by atoms with E-state index in [0.29, 0.717) is 49.4 Å². The minimum Gasteiger partial charge on any atom is -0.366 e. The fraction of sp³-hybridized carbons (Fsp3) is 0.500. The lowest BCUT2D eigenvalue weighted by Crippen LogP contribution is -2.47. The van der Waals surface area contributed by atoms with Crippen molar-refractivity contribution in [3.63, 3.8) is 0 Å². The topological polar surface area (TPSA) is 52.6 Å². The molecule has 0 radical (unpaired) electrons. The van der Waals surface area contributed by atoms with Gasteiger partial charge in [0.15, 0.2) is 0 Å². The number of carbonyl (C=O) groups is 1. The van der Waals surface area contributed by atoms with E-state index in [1.807, 2.05) is 21.9 Å². The van der Waals surface area contributed by atoms with Gasteiger partial charge in [-0.05, 0) is 37.8 Å². The standard InChI is InChI=1S/C22H28FN5O/c1-2-18-7-5-6-10-28(18)21(29)17-15-24-22(25-16-17)27-13-11-26(12-14-27)20-9-4-3-8-19(20)23/h3-4,8-9,15-16,18H,2,5-7,10-14H2,1H3. The third kappa shape index (κ3) is 4.18. The van der Waals surface area contributed by atoms with Crippen LogP contribution in [-0.4, -0.2) is 59.5 Å². The monoisotopic (exact) mass is 397 g/mol. The Morgan fingerprint density at radius 3 is 2.41 bits per heavy atom. The van der Waals surface area contributed by atoms with E-state index in [9.17, 15) is 9.18 Å². The van der Waals surface area contributed by atoms with Gasteiger partial charge in [0.2, 0.25) is 5.95 Å². The average Bonchev–Trinajstić information content (AvgIpc) is 2.79. The molecule has 1 unspecified atom stereocenters. The highest BCUT2D eigenvalue weighted by Gasteiger charge is 2.27. The van der Waals surface area contributed by atoms with Crippen molar-refractivity contribution in [3.8, 4) is 0 Å². The largest absolute Gasteiger partial charge is 0.366 e. The molecule has 0 N–H and O–H groups in total. The van der Waals surface area contributed by atoms with Crippen LogP contribution in [0.3, 0.4) is 0 Å². The summed E-state index contributed by atoms with van der Waals surface area (Å²) in [5, 5.41) is 0. The molecule has 7 heteroatoms. The summed E-state index contributed by atoms with van der Waals surface area (Å²) in [5.41, 5.74) is 1.19. The summed E-state index contributed by atoms with van der Waals surface area (Å²) in [7, 11) is 0. The molecular weight excluding hydrogens is 369 g/mol. The van der Waals surface area contributed by atoms with E-state index in [4.69, 9.17) is 0 Å². The van der Waals surface area contributed by atoms with Crippen molar-refractivity contribution in [3.05, 3.63) is 48.0 Å². The number of piperazine rings is 1. The van der Waals surface area contributed by atoms with Crippen LogP contribution in [0.4, 0.5) is 16.0 Å². The first-order valence-corrected chi connectivity index (χ1v) is 10.5. The number of piperidine rings is 1. The number of para-hydroxylation sites is 1. The van der Waals surface area contributed by atoms with Gasteiger partial charge in [0.25, 0.3) is 5.91 Å². The molecule has 1 atom stereocenters. The second-order valence-corrected chi connectivity index (χ2v) is 7.75. The van der Waals surface area contributed by atoms with Crippen molar-refractivity contribution in [2.75, 3.05) is 42.5 Å². The van der Waals surface area contributed by atoms with Crippen molar-refractivity contribution in [2.45, 2.75) is 38.6 Å². The Hall–Kier alpha value is -2.70. The van der Waals surface area contributed by atoms with Crippen LogP contribution >= 0.6 is 0 Å². The summed E-state index contributed by atoms with van der Waals surface area (Å²) in [6.45, 7) is 5.79. The van der Waals surface area contributed by atoms with Crippen LogP contribution in [0.25, 0.3) is 0 Å². The minimum absolute atomic E-state index is 0.0347. The number of carbonyl (C=O) groups excluding carboxylic acids is 1. The van der Waals surface area contributed by atoms with Gasteiger partial charge in [-0.1, -0.05) is 19.1 Å². The quantitative estimate of drug-likeness (QED) is 0.792. The van der Waals surface area contributed by atoms with Gasteiger partial charge < -0.3 is 14.7 Å². The smallest absolute Gasteiger partial charge is 0.257 e. The van der Waals surface area contributed by atoms with Crippen LogP contribution in [0.2, 0.25) is 0 Å². The second-order valence-electron chi connectivity index (χ2n) is 7.75. The first kappa shape index (κ1) is 19.6. The number of amides is 1. The third-order valence-corrected chi connectivity index (χ3v) is 6.00. The number of likely N-dealkylation sites (tertiary alicyclic amines) is 1. The van der Waals surface area contributed by atoms with Gasteiger partial charge in [0.1, 0.15) is 5.82 Å². The molecule has 0 saturated carbocycles. The van der Waals surface area contributed by atoms with Crippen LogP contribution in [-0.2, 0) is 0 Å². The Morgan fingerprint density at radius 2 is 1.72 bits per heavy atom. The van der Waals surface area contributed by atoms with E-state index in [1.165, 1.54) is 12.5 Å². The summed E-state index contributed by atoms with van der Waals surface area (Å²) < 4.78 is 14.0. The van der Waals surface area contributed by atoms with E-state index in [2.05, 4.69) is 21.8 Å². The number of rotatable bonds is 4. The fourth-order valence-corrected chi connectivity index (χ4v) is 4.31. The molecule has 154 valence electrons. The van der Waals surface area contributed by atoms with Crippen LogP contribution in [0.15, 0.2) is 36.7 Å². The van der Waals surface area contributed by atoms with Gasteiger partial charge in [0.05, 0.1) is 11.3 Å². The normalized spacial score (nSPS) is 20.1. The van der Waals surface area contributed by atoms with Gasteiger partial charge in [0, 0.05) is 51.2 Å². The minimum atomic E-state index is -0.192. The molecular formula is C22H28FN5O. The molecule has 2 saturated heterocycles. The zero-order valence-corrected chi connectivity index (χ0v) is 16.9. The Labute approximate surface area is 171 Å². The lowest BCUT2D eigenvalue weighted by atomic mass is 9.99. The van der Waals surface area contributed by atoms with Gasteiger partial charge >= 0.3 is 0 Å². The van der Waals surface area contributed by atoms with E-state index >= 15 is 0 Å². The number of anilines is 2. The highest BCUT2D eigenvalue weighted by Crippen LogP contribution is 2.23. The van der Waals surface area contributed by atoms with Crippen LogP contribution in [0, 0.1) is 5.82 Å². The van der Waals surface area contributed by atoms with E-state index in [-0.39, 0.29) is 11.7 Å². The molecule has 1 amide bonds. The average molecular weight is 397 g/mol. The van der Waals surface area contributed by atoms with Gasteiger partial charge in [-0.2, -0.15) is 0 Å². The molecule has 0 bridgehead atoms. The number of halogens is 1. The van der Waals surface area contributed by atoms with Gasteiger partial charge in [-0.15, -0.1) is 0 Å². The number of benzene rings is 1. The molecule has 2 aliphatic heterocycles. The Balaban J connectivity index is 1.39. The first-order chi connectivity index (χ1) is 14.2.